The van der Waals surface area contributed by atoms with E-state index in [9.17, 15) is 0 Å². The molecule has 0 radical (unpaired) electrons. The number of rotatable bonds is 7. The monoisotopic (exact) mass is 384 g/mol. The van der Waals surface area contributed by atoms with E-state index in [1.807, 2.05) is 12.1 Å². The van der Waals surface area contributed by atoms with Gasteiger partial charge in [-0.2, -0.15) is 8.78 Å². The molecule has 0 N–H and O–H groups in total. The molecular formula is C20H26F2O5. The van der Waals surface area contributed by atoms with Gasteiger partial charge in [-0.1, -0.05) is 12.1 Å². The molecule has 1 spiro atoms. The average molecular weight is 384 g/mol. The Hall–Kier alpha value is -1.70. The van der Waals surface area contributed by atoms with Crippen molar-refractivity contribution in [2.75, 3.05) is 27.4 Å². The lowest BCUT2D eigenvalue weighted by molar-refractivity contribution is -0.256. The Morgan fingerprint density at radius 3 is 2.22 bits per heavy atom. The number of hydrogen-bond acceptors (Lipinski definition) is 5. The van der Waals surface area contributed by atoms with E-state index < -0.39 is 17.3 Å². The third-order valence-electron chi connectivity index (χ3n) is 5.33. The molecule has 2 aliphatic rings. The summed E-state index contributed by atoms with van der Waals surface area (Å²) in [7, 11) is 2.92. The third-order valence-corrected chi connectivity index (χ3v) is 5.33. The van der Waals surface area contributed by atoms with Gasteiger partial charge < -0.3 is 23.7 Å². The van der Waals surface area contributed by atoms with Crippen LogP contribution in [0.25, 0.3) is 0 Å². The Labute approximate surface area is 158 Å². The lowest BCUT2D eigenvalue weighted by Gasteiger charge is -2.46. The number of halogens is 2. The largest absolute Gasteiger partial charge is 0.504 e. The highest BCUT2D eigenvalue weighted by Gasteiger charge is 2.58. The molecule has 3 rings (SSSR count). The fourth-order valence-electron chi connectivity index (χ4n) is 3.64. The highest BCUT2D eigenvalue weighted by molar-refractivity contribution is 5.26. The summed E-state index contributed by atoms with van der Waals surface area (Å²) in [4.78, 5) is 0. The Balaban J connectivity index is 1.76. The SMILES string of the molecule is CO/C=C\C(F)(F)C1(OCc2ccc(OC)cc2)CCC2(CC1)OCCO2. The molecule has 1 aliphatic heterocycles. The number of benzene rings is 1. The second-order valence-electron chi connectivity index (χ2n) is 6.90. The van der Waals surface area contributed by atoms with Gasteiger partial charge in [0.25, 0.3) is 5.92 Å². The lowest BCUT2D eigenvalue weighted by Crippen LogP contribution is -2.54. The number of hydrogen-bond donors (Lipinski definition) is 0. The Bertz CT molecular complexity index is 628. The summed E-state index contributed by atoms with van der Waals surface area (Å²) < 4.78 is 57.2. The molecule has 1 saturated heterocycles. The van der Waals surface area contributed by atoms with E-state index in [2.05, 4.69) is 0 Å². The van der Waals surface area contributed by atoms with Crippen LogP contribution in [0.2, 0.25) is 0 Å². The van der Waals surface area contributed by atoms with Crippen molar-refractivity contribution in [2.24, 2.45) is 0 Å². The quantitative estimate of drug-likeness (QED) is 0.664. The molecule has 150 valence electrons. The Morgan fingerprint density at radius 2 is 1.67 bits per heavy atom. The van der Waals surface area contributed by atoms with Crippen LogP contribution in [0, 0.1) is 0 Å². The van der Waals surface area contributed by atoms with Crippen molar-refractivity contribution in [2.45, 2.75) is 49.6 Å². The van der Waals surface area contributed by atoms with E-state index >= 15 is 8.78 Å². The normalized spacial score (nSPS) is 21.6. The molecule has 1 aromatic carbocycles. The molecule has 5 nitrogen and oxygen atoms in total. The maximum Gasteiger partial charge on any atom is 0.298 e. The molecule has 0 atom stereocenters. The molecule has 0 amide bonds. The molecule has 27 heavy (non-hydrogen) atoms. The summed E-state index contributed by atoms with van der Waals surface area (Å²) >= 11 is 0. The van der Waals surface area contributed by atoms with E-state index in [-0.39, 0.29) is 19.4 Å². The first-order chi connectivity index (χ1) is 12.9. The molecule has 1 heterocycles. The molecule has 7 heteroatoms. The summed E-state index contributed by atoms with van der Waals surface area (Å²) in [5.74, 6) is -3.22. The van der Waals surface area contributed by atoms with E-state index in [0.717, 1.165) is 17.9 Å². The molecule has 1 aliphatic carbocycles. The van der Waals surface area contributed by atoms with Crippen molar-refractivity contribution < 1.29 is 32.5 Å². The van der Waals surface area contributed by atoms with Gasteiger partial charge >= 0.3 is 0 Å². The van der Waals surface area contributed by atoms with Gasteiger partial charge in [0.05, 0.1) is 40.3 Å². The first kappa shape index (κ1) is 20.0. The van der Waals surface area contributed by atoms with E-state index in [4.69, 9.17) is 23.7 Å². The van der Waals surface area contributed by atoms with Crippen LogP contribution in [-0.2, 0) is 25.6 Å². The summed E-state index contributed by atoms with van der Waals surface area (Å²) in [6.07, 6.45) is 2.77. The van der Waals surface area contributed by atoms with Crippen LogP contribution in [0.4, 0.5) is 8.78 Å². The Kier molecular flexibility index (Phi) is 6.03. The first-order valence-corrected chi connectivity index (χ1v) is 9.07. The van der Waals surface area contributed by atoms with E-state index in [1.165, 1.54) is 7.11 Å². The smallest absolute Gasteiger partial charge is 0.298 e. The second kappa shape index (κ2) is 8.12. The maximum absolute atomic E-state index is 15.1. The van der Waals surface area contributed by atoms with Crippen molar-refractivity contribution in [1.82, 2.24) is 0 Å². The van der Waals surface area contributed by atoms with E-state index in [1.54, 1.807) is 19.2 Å². The summed E-state index contributed by atoms with van der Waals surface area (Å²) in [6.45, 7) is 1.08. The molecule has 1 saturated carbocycles. The fraction of sp³-hybridized carbons (Fsp3) is 0.600. The van der Waals surface area contributed by atoms with Gasteiger partial charge in [-0.05, 0) is 30.5 Å². The van der Waals surface area contributed by atoms with Crippen LogP contribution in [-0.4, -0.2) is 44.7 Å². The van der Waals surface area contributed by atoms with Crippen LogP contribution in [0.5, 0.6) is 5.75 Å². The lowest BCUT2D eigenvalue weighted by atomic mass is 9.77. The van der Waals surface area contributed by atoms with Gasteiger partial charge in [0.15, 0.2) is 5.79 Å². The molecule has 0 unspecified atom stereocenters. The van der Waals surface area contributed by atoms with Gasteiger partial charge in [-0.15, -0.1) is 0 Å². The van der Waals surface area contributed by atoms with Gasteiger partial charge in [0, 0.05) is 18.9 Å². The molecule has 0 bridgehead atoms. The molecule has 0 aromatic heterocycles. The van der Waals surface area contributed by atoms with Crippen LogP contribution in [0.3, 0.4) is 0 Å². The zero-order valence-corrected chi connectivity index (χ0v) is 15.7. The van der Waals surface area contributed by atoms with E-state index in [0.29, 0.717) is 31.8 Å². The van der Waals surface area contributed by atoms with Gasteiger partial charge in [0.2, 0.25) is 0 Å². The molecule has 2 fully saturated rings. The predicted molar refractivity (Wildman–Crippen MR) is 94.7 cm³/mol. The van der Waals surface area contributed by atoms with Crippen molar-refractivity contribution in [1.29, 1.82) is 0 Å². The second-order valence-corrected chi connectivity index (χ2v) is 6.90. The van der Waals surface area contributed by atoms with Gasteiger partial charge in [-0.25, -0.2) is 0 Å². The van der Waals surface area contributed by atoms with Crippen LogP contribution < -0.4 is 4.74 Å². The number of alkyl halides is 2. The fourth-order valence-corrected chi connectivity index (χ4v) is 3.64. The average Bonchev–Trinajstić information content (AvgIpc) is 3.15. The minimum atomic E-state index is -3.18. The maximum atomic E-state index is 15.1. The van der Waals surface area contributed by atoms with Crippen molar-refractivity contribution >= 4 is 0 Å². The minimum absolute atomic E-state index is 0.0785. The highest BCUT2D eigenvalue weighted by Crippen LogP contribution is 2.49. The zero-order valence-electron chi connectivity index (χ0n) is 15.7. The topological polar surface area (TPSA) is 46.2 Å². The Morgan fingerprint density at radius 1 is 1.04 bits per heavy atom. The summed E-state index contributed by atoms with van der Waals surface area (Å²) in [5.41, 5.74) is -0.835. The van der Waals surface area contributed by atoms with Crippen molar-refractivity contribution in [3.8, 4) is 5.75 Å². The number of ether oxygens (including phenoxy) is 5. The molecule has 1 aromatic rings. The van der Waals surface area contributed by atoms with Gasteiger partial charge in [0.1, 0.15) is 11.4 Å². The van der Waals surface area contributed by atoms with Gasteiger partial charge in [-0.3, -0.25) is 0 Å². The number of methoxy groups -OCH3 is 2. The van der Waals surface area contributed by atoms with Crippen molar-refractivity contribution in [3.63, 3.8) is 0 Å². The predicted octanol–water partition coefficient (Wildman–Crippen LogP) is 4.06. The summed E-state index contributed by atoms with van der Waals surface area (Å²) in [5, 5.41) is 0. The highest BCUT2D eigenvalue weighted by atomic mass is 19.3. The molecular weight excluding hydrogens is 358 g/mol. The first-order valence-electron chi connectivity index (χ1n) is 9.07. The standard InChI is InChI=1S/C20H26F2O5/c1-23-12-11-20(21,22)18(7-9-19(10-8-18)25-13-14-26-19)27-15-16-3-5-17(24-2)6-4-16/h3-6,11-12H,7-10,13-15H2,1-2H3/b12-11-. The third kappa shape index (κ3) is 4.25. The van der Waals surface area contributed by atoms with Crippen LogP contribution in [0.1, 0.15) is 31.2 Å². The van der Waals surface area contributed by atoms with Crippen LogP contribution in [0.15, 0.2) is 36.6 Å². The van der Waals surface area contributed by atoms with Crippen LogP contribution >= 0.6 is 0 Å². The van der Waals surface area contributed by atoms with Crippen molar-refractivity contribution in [3.05, 3.63) is 42.2 Å². The minimum Gasteiger partial charge on any atom is -0.504 e. The zero-order chi connectivity index (χ0) is 19.4. The summed E-state index contributed by atoms with van der Waals surface area (Å²) in [6, 6.07) is 7.18.